The molecule has 0 aliphatic carbocycles. The first-order valence-corrected chi connectivity index (χ1v) is 9.21. The summed E-state index contributed by atoms with van der Waals surface area (Å²) in [5.41, 5.74) is 0.828. The molecule has 3 aromatic rings. The van der Waals surface area contributed by atoms with Crippen molar-refractivity contribution >= 4 is 17.3 Å². The zero-order chi connectivity index (χ0) is 22.2. The Kier molecular flexibility index (Phi) is 5.17. The highest BCUT2D eigenvalue weighted by Crippen LogP contribution is 2.31. The lowest BCUT2D eigenvalue weighted by Crippen LogP contribution is -2.28. The average molecular weight is 430 g/mol. The summed E-state index contributed by atoms with van der Waals surface area (Å²) in [6.07, 6.45) is 0.612. The number of nitrogens with zero attached hydrogens (tertiary/aromatic N) is 6. The van der Waals surface area contributed by atoms with Crippen molar-refractivity contribution in [1.82, 2.24) is 19.5 Å². The minimum atomic E-state index is -4.46. The molecule has 0 aromatic carbocycles. The second kappa shape index (κ2) is 7.82. The number of alkyl halides is 3. The number of aromatic nitrogens is 4. The lowest BCUT2D eigenvalue weighted by atomic mass is 10.1. The highest BCUT2D eigenvalue weighted by molar-refractivity contribution is 6.04. The van der Waals surface area contributed by atoms with Crippen molar-refractivity contribution in [3.05, 3.63) is 71.8 Å². The Morgan fingerprint density at radius 3 is 2.65 bits per heavy atom. The van der Waals surface area contributed by atoms with Gasteiger partial charge in [0.1, 0.15) is 11.4 Å². The van der Waals surface area contributed by atoms with Crippen molar-refractivity contribution in [2.75, 3.05) is 11.9 Å². The van der Waals surface area contributed by atoms with Crippen LogP contribution in [0.5, 0.6) is 0 Å². The summed E-state index contributed by atoms with van der Waals surface area (Å²) in [6.45, 7) is 0. The van der Waals surface area contributed by atoms with Crippen LogP contribution in [-0.4, -0.2) is 38.2 Å². The number of oxime groups is 1. The molecule has 160 valence electrons. The van der Waals surface area contributed by atoms with E-state index < -0.39 is 17.8 Å². The van der Waals surface area contributed by atoms with Gasteiger partial charge < -0.3 is 14.3 Å². The Hall–Kier alpha value is -3.76. The first-order chi connectivity index (χ1) is 14.8. The van der Waals surface area contributed by atoms with Crippen LogP contribution in [0.1, 0.15) is 40.1 Å². The summed E-state index contributed by atoms with van der Waals surface area (Å²) in [5.74, 6) is 0.186. The molecule has 1 unspecified atom stereocenters. The fraction of sp³-hybridized carbons (Fsp3) is 0.250. The van der Waals surface area contributed by atoms with Gasteiger partial charge in [-0.15, -0.1) is 0 Å². The quantitative estimate of drug-likeness (QED) is 0.634. The molecule has 1 aliphatic heterocycles. The molecule has 0 fully saturated rings. The van der Waals surface area contributed by atoms with E-state index in [0.29, 0.717) is 22.9 Å². The minimum Gasteiger partial charge on any atom is -0.384 e. The second-order valence-corrected chi connectivity index (χ2v) is 6.90. The van der Waals surface area contributed by atoms with E-state index >= 15 is 0 Å². The SMILES string of the molecule is CN(C(=O)c1cnc(C2CC(c3ccc(C(F)(F)F)cn3)=NO2)n1C)c1cccnc1. The summed E-state index contributed by atoms with van der Waals surface area (Å²) in [4.78, 5) is 31.9. The molecule has 4 rings (SSSR count). The van der Waals surface area contributed by atoms with E-state index in [1.807, 2.05) is 0 Å². The predicted octanol–water partition coefficient (Wildman–Crippen LogP) is 3.37. The summed E-state index contributed by atoms with van der Waals surface area (Å²) >= 11 is 0. The number of carbonyl (C=O) groups is 1. The van der Waals surface area contributed by atoms with E-state index in [-0.39, 0.29) is 18.0 Å². The van der Waals surface area contributed by atoms with Crippen molar-refractivity contribution in [3.63, 3.8) is 0 Å². The maximum atomic E-state index is 12.9. The van der Waals surface area contributed by atoms with Crippen LogP contribution in [0.2, 0.25) is 0 Å². The van der Waals surface area contributed by atoms with E-state index in [2.05, 4.69) is 20.1 Å². The maximum absolute atomic E-state index is 12.9. The number of hydrogen-bond donors (Lipinski definition) is 0. The monoisotopic (exact) mass is 430 g/mol. The van der Waals surface area contributed by atoms with Crippen LogP contribution in [0.4, 0.5) is 18.9 Å². The topological polar surface area (TPSA) is 85.5 Å². The van der Waals surface area contributed by atoms with Gasteiger partial charge in [0, 0.05) is 32.9 Å². The van der Waals surface area contributed by atoms with Gasteiger partial charge in [0.2, 0.25) is 0 Å². The van der Waals surface area contributed by atoms with Gasteiger partial charge in [0.25, 0.3) is 5.91 Å². The molecule has 0 spiro atoms. The molecule has 11 heteroatoms. The lowest BCUT2D eigenvalue weighted by Gasteiger charge is -2.17. The molecular formula is C20H17F3N6O2. The fourth-order valence-electron chi connectivity index (χ4n) is 3.16. The van der Waals surface area contributed by atoms with Crippen LogP contribution >= 0.6 is 0 Å². The van der Waals surface area contributed by atoms with Gasteiger partial charge in [-0.05, 0) is 24.3 Å². The first-order valence-electron chi connectivity index (χ1n) is 9.21. The third-order valence-corrected chi connectivity index (χ3v) is 4.92. The summed E-state index contributed by atoms with van der Waals surface area (Å²) in [7, 11) is 3.32. The van der Waals surface area contributed by atoms with Gasteiger partial charge in [-0.25, -0.2) is 4.98 Å². The highest BCUT2D eigenvalue weighted by atomic mass is 19.4. The summed E-state index contributed by atoms with van der Waals surface area (Å²) in [5, 5.41) is 3.95. The van der Waals surface area contributed by atoms with Gasteiger partial charge in [-0.2, -0.15) is 13.2 Å². The molecule has 1 amide bonds. The minimum absolute atomic E-state index is 0.259. The van der Waals surface area contributed by atoms with Gasteiger partial charge >= 0.3 is 6.18 Å². The number of carbonyl (C=O) groups excluding carboxylic acids is 1. The normalized spacial score (nSPS) is 16.0. The molecule has 0 bridgehead atoms. The zero-order valence-electron chi connectivity index (χ0n) is 16.5. The van der Waals surface area contributed by atoms with E-state index in [9.17, 15) is 18.0 Å². The third-order valence-electron chi connectivity index (χ3n) is 4.92. The zero-order valence-corrected chi connectivity index (χ0v) is 16.5. The number of halogens is 3. The molecule has 1 aliphatic rings. The Balaban J connectivity index is 1.49. The fourth-order valence-corrected chi connectivity index (χ4v) is 3.16. The molecule has 0 saturated carbocycles. The summed E-state index contributed by atoms with van der Waals surface area (Å²) < 4.78 is 39.8. The lowest BCUT2D eigenvalue weighted by molar-refractivity contribution is -0.137. The first kappa shape index (κ1) is 20.5. The van der Waals surface area contributed by atoms with Gasteiger partial charge in [0.05, 0.1) is 29.3 Å². The molecule has 31 heavy (non-hydrogen) atoms. The Bertz CT molecular complexity index is 1130. The Morgan fingerprint density at radius 1 is 1.19 bits per heavy atom. The van der Waals surface area contributed by atoms with Gasteiger partial charge in [0.15, 0.2) is 11.9 Å². The second-order valence-electron chi connectivity index (χ2n) is 6.90. The van der Waals surface area contributed by atoms with Crippen molar-refractivity contribution in [2.24, 2.45) is 12.2 Å². The van der Waals surface area contributed by atoms with Crippen molar-refractivity contribution < 1.29 is 22.8 Å². The third kappa shape index (κ3) is 3.98. The number of amides is 1. The van der Waals surface area contributed by atoms with E-state index in [4.69, 9.17) is 4.84 Å². The van der Waals surface area contributed by atoms with Gasteiger partial charge in [-0.1, -0.05) is 5.16 Å². The molecule has 8 nitrogen and oxygen atoms in total. The largest absolute Gasteiger partial charge is 0.417 e. The van der Waals surface area contributed by atoms with Crippen LogP contribution in [0.15, 0.2) is 54.2 Å². The number of pyridine rings is 2. The van der Waals surface area contributed by atoms with Crippen LogP contribution in [0, 0.1) is 0 Å². The molecule has 1 atom stereocenters. The van der Waals surface area contributed by atoms with E-state index in [1.165, 1.54) is 17.2 Å². The van der Waals surface area contributed by atoms with Gasteiger partial charge in [-0.3, -0.25) is 14.8 Å². The molecule has 0 N–H and O–H groups in total. The smallest absolute Gasteiger partial charge is 0.384 e. The molecule has 3 aromatic heterocycles. The Labute approximate surface area is 175 Å². The van der Waals surface area contributed by atoms with Crippen LogP contribution in [-0.2, 0) is 18.1 Å². The van der Waals surface area contributed by atoms with Crippen LogP contribution in [0.25, 0.3) is 0 Å². The number of imidazole rings is 1. The van der Waals surface area contributed by atoms with Crippen molar-refractivity contribution in [3.8, 4) is 0 Å². The van der Waals surface area contributed by atoms with Crippen LogP contribution < -0.4 is 4.90 Å². The molecule has 0 radical (unpaired) electrons. The number of rotatable bonds is 4. The van der Waals surface area contributed by atoms with Crippen molar-refractivity contribution in [2.45, 2.75) is 18.7 Å². The standard InChI is InChI=1S/C20H17F3N6O2/c1-28(13-4-3-7-24-10-13)19(30)16-11-26-18(29(16)2)17-8-15(27-31-17)14-6-5-12(9-25-14)20(21,22)23/h3-7,9-11,17H,8H2,1-2H3. The van der Waals surface area contributed by atoms with E-state index in [1.54, 1.807) is 43.2 Å². The molecule has 4 heterocycles. The Morgan fingerprint density at radius 2 is 2.00 bits per heavy atom. The molecule has 0 saturated heterocycles. The van der Waals surface area contributed by atoms with Crippen LogP contribution in [0.3, 0.4) is 0 Å². The number of hydrogen-bond acceptors (Lipinski definition) is 6. The highest BCUT2D eigenvalue weighted by Gasteiger charge is 2.33. The van der Waals surface area contributed by atoms with Crippen molar-refractivity contribution in [1.29, 1.82) is 0 Å². The number of anilines is 1. The average Bonchev–Trinajstić information content (AvgIpc) is 3.39. The maximum Gasteiger partial charge on any atom is 0.417 e. The van der Waals surface area contributed by atoms with E-state index in [0.717, 1.165) is 12.3 Å². The molecular weight excluding hydrogens is 413 g/mol. The predicted molar refractivity (Wildman–Crippen MR) is 104 cm³/mol. The summed E-state index contributed by atoms with van der Waals surface area (Å²) in [6, 6.07) is 5.70.